The van der Waals surface area contributed by atoms with Gasteiger partial charge < -0.3 is 30.3 Å². The third-order valence-corrected chi connectivity index (χ3v) is 4.95. The molecule has 1 aromatic rings. The molecule has 0 spiro atoms. The fourth-order valence-corrected chi connectivity index (χ4v) is 3.63. The lowest BCUT2D eigenvalue weighted by molar-refractivity contribution is 0.0247. The predicted molar refractivity (Wildman–Crippen MR) is 86.7 cm³/mol. The van der Waals surface area contributed by atoms with Gasteiger partial charge in [0.1, 0.15) is 6.17 Å². The molecule has 2 fully saturated rings. The first-order valence-electron chi connectivity index (χ1n) is 7.78. The quantitative estimate of drug-likeness (QED) is 0.754. The molecule has 24 heavy (non-hydrogen) atoms. The Morgan fingerprint density at radius 3 is 2.46 bits per heavy atom. The number of fused-ring (bicyclic) bond motifs is 1. The van der Waals surface area contributed by atoms with Crippen LogP contribution in [0.25, 0.3) is 0 Å². The van der Waals surface area contributed by atoms with E-state index in [4.69, 9.17) is 4.74 Å². The molecule has 0 bridgehead atoms. The summed E-state index contributed by atoms with van der Waals surface area (Å²) in [6, 6.07) is 4.20. The summed E-state index contributed by atoms with van der Waals surface area (Å²) in [6.45, 7) is 1.93. The van der Waals surface area contributed by atoms with E-state index < -0.39 is 6.17 Å². The predicted octanol–water partition coefficient (Wildman–Crippen LogP) is 1.08. The molecule has 0 aliphatic carbocycles. The van der Waals surface area contributed by atoms with Gasteiger partial charge >= 0.3 is 12.1 Å². The van der Waals surface area contributed by atoms with Crippen LogP contribution in [0.3, 0.4) is 0 Å². The van der Waals surface area contributed by atoms with E-state index in [1.165, 1.54) is 12.0 Å². The van der Waals surface area contributed by atoms with E-state index in [0.717, 1.165) is 5.56 Å². The molecule has 2 saturated heterocycles. The molecule has 4 atom stereocenters. The van der Waals surface area contributed by atoms with Crippen molar-refractivity contribution in [3.8, 4) is 11.5 Å². The van der Waals surface area contributed by atoms with Crippen LogP contribution in [0.1, 0.15) is 18.5 Å². The number of carbonyl (C=O) groups excluding carboxylic acids is 2. The number of ether oxygens (including phenoxy) is 1. The normalized spacial score (nSPS) is 29.7. The summed E-state index contributed by atoms with van der Waals surface area (Å²) in [7, 11) is 4.87. The van der Waals surface area contributed by atoms with Crippen LogP contribution in [-0.4, -0.2) is 60.4 Å². The number of hydrogen-bond acceptors (Lipinski definition) is 4. The van der Waals surface area contributed by atoms with E-state index in [2.05, 4.69) is 10.6 Å². The van der Waals surface area contributed by atoms with E-state index in [1.54, 1.807) is 37.2 Å². The van der Waals surface area contributed by atoms with Gasteiger partial charge in [0, 0.05) is 26.1 Å². The number of nitrogens with one attached hydrogen (secondary N) is 2. The number of urea groups is 2. The number of phenols is 1. The number of amides is 4. The highest BCUT2D eigenvalue weighted by Crippen LogP contribution is 2.40. The molecule has 0 saturated carbocycles. The van der Waals surface area contributed by atoms with Crippen LogP contribution in [0.15, 0.2) is 18.2 Å². The van der Waals surface area contributed by atoms with E-state index in [9.17, 15) is 14.7 Å². The molecule has 130 valence electrons. The highest BCUT2D eigenvalue weighted by Gasteiger charge is 2.49. The van der Waals surface area contributed by atoms with Crippen molar-refractivity contribution in [2.24, 2.45) is 5.92 Å². The van der Waals surface area contributed by atoms with Gasteiger partial charge in [-0.25, -0.2) is 9.59 Å². The molecule has 0 unspecified atom stereocenters. The standard InChI is InChI=1S/C16H22N4O4/c1-8-12-13(9-5-6-10(21)11(7-9)24-4)19(2)16(23)18-14(12)20(3)15(22)17-8/h5-8,12-14,21H,1-4H3,(H,17,22)(H,18,23)/t8-,12+,13-,14+/m0/s1. The summed E-state index contributed by atoms with van der Waals surface area (Å²) in [5, 5.41) is 15.7. The van der Waals surface area contributed by atoms with Gasteiger partial charge in [-0.3, -0.25) is 0 Å². The second-order valence-corrected chi connectivity index (χ2v) is 6.31. The zero-order valence-electron chi connectivity index (χ0n) is 14.1. The summed E-state index contributed by atoms with van der Waals surface area (Å²) in [4.78, 5) is 27.6. The summed E-state index contributed by atoms with van der Waals surface area (Å²) < 4.78 is 5.19. The van der Waals surface area contributed by atoms with E-state index in [-0.39, 0.29) is 35.8 Å². The number of rotatable bonds is 2. The number of benzene rings is 1. The Labute approximate surface area is 140 Å². The minimum atomic E-state index is -0.401. The Balaban J connectivity index is 2.06. The second-order valence-electron chi connectivity index (χ2n) is 6.31. The third kappa shape index (κ3) is 2.38. The maximum absolute atomic E-state index is 12.4. The Kier molecular flexibility index (Phi) is 3.90. The molecule has 4 amide bonds. The minimum absolute atomic E-state index is 0.0443. The van der Waals surface area contributed by atoms with Crippen molar-refractivity contribution in [1.82, 2.24) is 20.4 Å². The monoisotopic (exact) mass is 334 g/mol. The van der Waals surface area contributed by atoms with Gasteiger partial charge in [-0.2, -0.15) is 0 Å². The van der Waals surface area contributed by atoms with Crippen molar-refractivity contribution in [3.63, 3.8) is 0 Å². The number of aromatic hydroxyl groups is 1. The van der Waals surface area contributed by atoms with Gasteiger partial charge in [-0.15, -0.1) is 0 Å². The summed E-state index contributed by atoms with van der Waals surface area (Å²) >= 11 is 0. The van der Waals surface area contributed by atoms with Gasteiger partial charge in [-0.05, 0) is 24.6 Å². The van der Waals surface area contributed by atoms with E-state index >= 15 is 0 Å². The maximum atomic E-state index is 12.4. The zero-order chi connectivity index (χ0) is 17.6. The summed E-state index contributed by atoms with van der Waals surface area (Å²) in [5.41, 5.74) is 0.841. The van der Waals surface area contributed by atoms with Crippen molar-refractivity contribution in [1.29, 1.82) is 0 Å². The Morgan fingerprint density at radius 1 is 1.12 bits per heavy atom. The highest BCUT2D eigenvalue weighted by molar-refractivity contribution is 5.80. The second kappa shape index (κ2) is 5.77. The van der Waals surface area contributed by atoms with Crippen LogP contribution in [0.5, 0.6) is 11.5 Å². The Bertz CT molecular complexity index is 680. The number of phenolic OH excluding ortho intramolecular Hbond substituents is 1. The first kappa shape index (κ1) is 16.2. The van der Waals surface area contributed by atoms with Crippen LogP contribution >= 0.6 is 0 Å². The lowest BCUT2D eigenvalue weighted by Crippen LogP contribution is -2.71. The maximum Gasteiger partial charge on any atom is 0.319 e. The topological polar surface area (TPSA) is 94.1 Å². The lowest BCUT2D eigenvalue weighted by Gasteiger charge is -2.52. The molecule has 8 nitrogen and oxygen atoms in total. The zero-order valence-corrected chi connectivity index (χ0v) is 14.1. The largest absolute Gasteiger partial charge is 0.504 e. The van der Waals surface area contributed by atoms with Crippen molar-refractivity contribution in [2.75, 3.05) is 21.2 Å². The molecule has 3 rings (SSSR count). The number of carbonyl (C=O) groups is 2. The molecule has 0 aromatic heterocycles. The Morgan fingerprint density at radius 2 is 1.79 bits per heavy atom. The molecule has 3 N–H and O–H groups in total. The van der Waals surface area contributed by atoms with Crippen LogP contribution in [0, 0.1) is 5.92 Å². The van der Waals surface area contributed by atoms with E-state index in [1.807, 2.05) is 6.92 Å². The molecule has 2 aliphatic heterocycles. The van der Waals surface area contributed by atoms with Gasteiger partial charge in [0.25, 0.3) is 0 Å². The smallest absolute Gasteiger partial charge is 0.319 e. The molecular formula is C16H22N4O4. The van der Waals surface area contributed by atoms with Crippen molar-refractivity contribution < 1.29 is 19.4 Å². The number of hydrogen-bond donors (Lipinski definition) is 3. The number of methoxy groups -OCH3 is 1. The minimum Gasteiger partial charge on any atom is -0.504 e. The van der Waals surface area contributed by atoms with Crippen LogP contribution in [0.4, 0.5) is 9.59 Å². The summed E-state index contributed by atoms with van der Waals surface area (Å²) in [6.07, 6.45) is -0.401. The third-order valence-electron chi connectivity index (χ3n) is 4.95. The lowest BCUT2D eigenvalue weighted by atomic mass is 9.81. The molecule has 1 aromatic carbocycles. The molecule has 8 heteroatoms. The number of nitrogens with zero attached hydrogens (tertiary/aromatic N) is 2. The van der Waals surface area contributed by atoms with Crippen molar-refractivity contribution in [2.45, 2.75) is 25.2 Å². The average Bonchev–Trinajstić information content (AvgIpc) is 2.55. The van der Waals surface area contributed by atoms with Crippen LogP contribution in [-0.2, 0) is 0 Å². The van der Waals surface area contributed by atoms with Gasteiger partial charge in [0.05, 0.1) is 13.2 Å². The average molecular weight is 334 g/mol. The van der Waals surface area contributed by atoms with Crippen LogP contribution in [0.2, 0.25) is 0 Å². The molecular weight excluding hydrogens is 312 g/mol. The molecule has 2 heterocycles. The fraction of sp³-hybridized carbons (Fsp3) is 0.500. The SMILES string of the molecule is COc1cc([C@H]2[C@H]3[C@H](C)NC(=O)N(C)[C@H]3NC(=O)N2C)ccc1O. The van der Waals surface area contributed by atoms with Crippen LogP contribution < -0.4 is 15.4 Å². The van der Waals surface area contributed by atoms with Gasteiger partial charge in [-0.1, -0.05) is 6.07 Å². The Hall–Kier alpha value is -2.64. The van der Waals surface area contributed by atoms with Crippen molar-refractivity contribution >= 4 is 12.1 Å². The van der Waals surface area contributed by atoms with E-state index in [0.29, 0.717) is 5.75 Å². The fourth-order valence-electron chi connectivity index (χ4n) is 3.63. The summed E-state index contributed by atoms with van der Waals surface area (Å²) in [5.74, 6) is 0.330. The van der Waals surface area contributed by atoms with Gasteiger partial charge in [0.15, 0.2) is 11.5 Å². The first-order valence-corrected chi connectivity index (χ1v) is 7.78. The molecule has 2 aliphatic rings. The van der Waals surface area contributed by atoms with Crippen molar-refractivity contribution in [3.05, 3.63) is 23.8 Å². The highest BCUT2D eigenvalue weighted by atomic mass is 16.5. The molecule has 0 radical (unpaired) electrons. The first-order chi connectivity index (χ1) is 11.3. The van der Waals surface area contributed by atoms with Gasteiger partial charge in [0.2, 0.25) is 0 Å².